The molecular formula is C37H47N3O6. The molecule has 3 atom stereocenters. The monoisotopic (exact) mass is 629 g/mol. The second kappa shape index (κ2) is 17.2. The van der Waals surface area contributed by atoms with Crippen LogP contribution in [0.3, 0.4) is 0 Å². The smallest absolute Gasteiger partial charge is 0.325 e. The first-order chi connectivity index (χ1) is 22.5. The fraction of sp³-hybridized carbons (Fsp3) is 0.459. The van der Waals surface area contributed by atoms with Crippen LogP contribution in [0.15, 0.2) is 72.8 Å². The first kappa shape index (κ1) is 33.6. The zero-order valence-corrected chi connectivity index (χ0v) is 26.8. The van der Waals surface area contributed by atoms with E-state index in [1.54, 1.807) is 6.92 Å². The first-order valence-electron chi connectivity index (χ1n) is 16.6. The molecule has 2 amide bonds. The summed E-state index contributed by atoms with van der Waals surface area (Å²) in [5, 5.41) is 14.9. The Balaban J connectivity index is 1.28. The normalized spacial score (nSPS) is 20.7. The van der Waals surface area contributed by atoms with E-state index in [1.807, 2.05) is 36.4 Å². The maximum absolute atomic E-state index is 12.3. The number of ether oxygens (including phenoxy) is 3. The summed E-state index contributed by atoms with van der Waals surface area (Å²) in [6, 6.07) is 23.8. The van der Waals surface area contributed by atoms with E-state index in [4.69, 9.17) is 14.2 Å². The number of nitrogens with zero attached hydrogens (tertiary/aromatic N) is 1. The number of benzene rings is 3. The number of esters is 1. The van der Waals surface area contributed by atoms with Crippen molar-refractivity contribution in [3.8, 4) is 11.1 Å². The van der Waals surface area contributed by atoms with Gasteiger partial charge in [0.2, 0.25) is 0 Å². The van der Waals surface area contributed by atoms with Crippen LogP contribution in [0.1, 0.15) is 80.1 Å². The van der Waals surface area contributed by atoms with Gasteiger partial charge in [-0.1, -0.05) is 92.1 Å². The molecule has 46 heavy (non-hydrogen) atoms. The molecule has 3 aromatic rings. The molecule has 9 heteroatoms. The van der Waals surface area contributed by atoms with Crippen LogP contribution in [-0.4, -0.2) is 60.9 Å². The summed E-state index contributed by atoms with van der Waals surface area (Å²) >= 11 is 0. The van der Waals surface area contributed by atoms with Crippen molar-refractivity contribution < 1.29 is 28.9 Å². The molecule has 0 radical (unpaired) electrons. The Morgan fingerprint density at radius 3 is 2.28 bits per heavy atom. The van der Waals surface area contributed by atoms with E-state index in [-0.39, 0.29) is 32.0 Å². The van der Waals surface area contributed by atoms with Gasteiger partial charge in [0.1, 0.15) is 6.54 Å². The number of carbonyl (C=O) groups is 2. The van der Waals surface area contributed by atoms with E-state index in [1.165, 1.54) is 32.1 Å². The van der Waals surface area contributed by atoms with Gasteiger partial charge in [-0.2, -0.15) is 0 Å². The quantitative estimate of drug-likeness (QED) is 0.223. The number of aliphatic hydroxyl groups excluding tert-OH is 1. The van der Waals surface area contributed by atoms with Crippen molar-refractivity contribution >= 4 is 12.0 Å². The van der Waals surface area contributed by atoms with Crippen molar-refractivity contribution in [1.29, 1.82) is 0 Å². The lowest BCUT2D eigenvalue weighted by Crippen LogP contribution is -2.40. The number of hydrogen-bond acceptors (Lipinski definition) is 7. The van der Waals surface area contributed by atoms with E-state index in [0.717, 1.165) is 59.4 Å². The van der Waals surface area contributed by atoms with Gasteiger partial charge in [0.15, 0.2) is 6.29 Å². The van der Waals surface area contributed by atoms with Gasteiger partial charge in [-0.05, 0) is 60.7 Å². The number of hydrogen-bond donors (Lipinski definition) is 3. The number of aliphatic hydroxyl groups is 1. The molecule has 2 aliphatic rings. The number of urea groups is 1. The van der Waals surface area contributed by atoms with Crippen molar-refractivity contribution in [2.75, 3.05) is 32.8 Å². The highest BCUT2D eigenvalue weighted by atomic mass is 16.7. The second-order valence-electron chi connectivity index (χ2n) is 12.0. The molecule has 0 unspecified atom stereocenters. The predicted octanol–water partition coefficient (Wildman–Crippen LogP) is 6.02. The summed E-state index contributed by atoms with van der Waals surface area (Å²) in [5.41, 5.74) is 5.89. The summed E-state index contributed by atoms with van der Waals surface area (Å²) in [4.78, 5) is 26.4. The Bertz CT molecular complexity index is 1390. The van der Waals surface area contributed by atoms with Crippen LogP contribution in [0.25, 0.3) is 11.1 Å². The molecule has 3 aromatic carbocycles. The number of nitrogens with one attached hydrogen (secondary N) is 2. The molecule has 0 aliphatic carbocycles. The van der Waals surface area contributed by atoms with Crippen molar-refractivity contribution in [1.82, 2.24) is 15.5 Å². The third-order valence-corrected chi connectivity index (χ3v) is 8.67. The lowest BCUT2D eigenvalue weighted by molar-refractivity contribution is -0.253. The van der Waals surface area contributed by atoms with Crippen molar-refractivity contribution in [3.05, 3.63) is 95.1 Å². The zero-order chi connectivity index (χ0) is 32.1. The van der Waals surface area contributed by atoms with Crippen LogP contribution < -0.4 is 10.6 Å². The molecule has 2 saturated heterocycles. The summed E-state index contributed by atoms with van der Waals surface area (Å²) in [6.45, 7) is 5.24. The SMILES string of the molecule is CCOC(=O)CNC(=O)NCc1ccccc1-c1ccc([C@H]2O[C@@H](CN3CCCCCCC3)C[C@@H](c3ccc(CO)cc3)O2)cc1. The number of amides is 2. The Hall–Kier alpha value is -3.76. The minimum absolute atomic E-state index is 0.0172. The van der Waals surface area contributed by atoms with Gasteiger partial charge in [-0.3, -0.25) is 4.79 Å². The molecule has 0 aromatic heterocycles. The van der Waals surface area contributed by atoms with Crippen molar-refractivity contribution in [2.45, 2.75) is 77.1 Å². The van der Waals surface area contributed by atoms with E-state index in [2.05, 4.69) is 51.9 Å². The topological polar surface area (TPSA) is 109 Å². The van der Waals surface area contributed by atoms with Gasteiger partial charge in [0.25, 0.3) is 0 Å². The summed E-state index contributed by atoms with van der Waals surface area (Å²) in [7, 11) is 0. The van der Waals surface area contributed by atoms with Crippen LogP contribution in [0.2, 0.25) is 0 Å². The molecule has 0 bridgehead atoms. The summed E-state index contributed by atoms with van der Waals surface area (Å²) in [5.74, 6) is -0.473. The molecule has 0 spiro atoms. The molecule has 2 fully saturated rings. The van der Waals surface area contributed by atoms with Crippen LogP contribution in [0.5, 0.6) is 0 Å². The van der Waals surface area contributed by atoms with E-state index in [9.17, 15) is 14.7 Å². The van der Waals surface area contributed by atoms with Gasteiger partial charge >= 0.3 is 12.0 Å². The maximum Gasteiger partial charge on any atom is 0.325 e. The largest absolute Gasteiger partial charge is 0.465 e. The molecule has 3 N–H and O–H groups in total. The van der Waals surface area contributed by atoms with E-state index >= 15 is 0 Å². The number of carbonyl (C=O) groups excluding carboxylic acids is 2. The highest BCUT2D eigenvalue weighted by Gasteiger charge is 2.33. The zero-order valence-electron chi connectivity index (χ0n) is 26.8. The fourth-order valence-electron chi connectivity index (χ4n) is 6.19. The Morgan fingerprint density at radius 1 is 0.870 bits per heavy atom. The average Bonchev–Trinajstić information content (AvgIpc) is 3.08. The molecular weight excluding hydrogens is 582 g/mol. The van der Waals surface area contributed by atoms with Gasteiger partial charge in [0, 0.05) is 25.1 Å². The lowest BCUT2D eigenvalue weighted by Gasteiger charge is -2.39. The molecule has 2 aliphatic heterocycles. The molecule has 246 valence electrons. The summed E-state index contributed by atoms with van der Waals surface area (Å²) < 4.78 is 18.1. The minimum Gasteiger partial charge on any atom is -0.465 e. The molecule has 2 heterocycles. The molecule has 0 saturated carbocycles. The maximum atomic E-state index is 12.3. The third-order valence-electron chi connectivity index (χ3n) is 8.67. The van der Waals surface area contributed by atoms with Crippen LogP contribution in [-0.2, 0) is 32.2 Å². The predicted molar refractivity (Wildman–Crippen MR) is 177 cm³/mol. The van der Waals surface area contributed by atoms with E-state index < -0.39 is 18.3 Å². The lowest BCUT2D eigenvalue weighted by atomic mass is 9.97. The standard InChI is InChI=1S/C37H47N3O6/c1-2-44-35(42)24-39-37(43)38-23-31-10-6-7-11-33(31)28-16-18-30(19-17-28)36-45-32(25-40-20-8-4-3-5-9-21-40)22-34(46-36)29-14-12-27(26-41)13-15-29/h6-7,10-19,32,34,36,41H,2-5,8-9,20-26H2,1H3,(H2,38,39,43)/t32-,34+,36+/m1/s1. The Morgan fingerprint density at radius 2 is 1.57 bits per heavy atom. The van der Waals surface area contributed by atoms with Crippen molar-refractivity contribution in [2.24, 2.45) is 0 Å². The van der Waals surface area contributed by atoms with Gasteiger partial charge in [-0.15, -0.1) is 0 Å². The minimum atomic E-state index is -0.509. The van der Waals surface area contributed by atoms with Crippen LogP contribution in [0.4, 0.5) is 4.79 Å². The first-order valence-corrected chi connectivity index (χ1v) is 16.6. The van der Waals surface area contributed by atoms with Crippen molar-refractivity contribution in [3.63, 3.8) is 0 Å². The Labute approximate surface area is 272 Å². The van der Waals surface area contributed by atoms with Crippen LogP contribution >= 0.6 is 0 Å². The third kappa shape index (κ3) is 9.62. The average molecular weight is 630 g/mol. The van der Waals surface area contributed by atoms with Crippen LogP contribution in [0, 0.1) is 0 Å². The highest BCUT2D eigenvalue weighted by molar-refractivity contribution is 5.81. The molecule has 9 nitrogen and oxygen atoms in total. The number of rotatable bonds is 11. The van der Waals surface area contributed by atoms with Gasteiger partial charge < -0.3 is 34.9 Å². The second-order valence-corrected chi connectivity index (χ2v) is 12.0. The van der Waals surface area contributed by atoms with Gasteiger partial charge in [-0.25, -0.2) is 4.79 Å². The Kier molecular flexibility index (Phi) is 12.6. The highest BCUT2D eigenvalue weighted by Crippen LogP contribution is 2.39. The molecule has 5 rings (SSSR count). The van der Waals surface area contributed by atoms with Gasteiger partial charge in [0.05, 0.1) is 25.4 Å². The number of likely N-dealkylation sites (tertiary alicyclic amines) is 1. The summed E-state index contributed by atoms with van der Waals surface area (Å²) in [6.07, 6.45) is 6.56. The van der Waals surface area contributed by atoms with E-state index in [0.29, 0.717) is 6.54 Å². The fourth-order valence-corrected chi connectivity index (χ4v) is 6.19.